The van der Waals surface area contributed by atoms with E-state index in [1.165, 1.54) is 25.7 Å². The van der Waals surface area contributed by atoms with Crippen LogP contribution in [0.5, 0.6) is 0 Å². The van der Waals surface area contributed by atoms with E-state index in [1.54, 1.807) is 0 Å². The lowest BCUT2D eigenvalue weighted by Crippen LogP contribution is -2.34. The lowest BCUT2D eigenvalue weighted by atomic mass is 10.2. The van der Waals surface area contributed by atoms with Gasteiger partial charge in [-0.15, -0.1) is 0 Å². The highest BCUT2D eigenvalue weighted by molar-refractivity contribution is 5.92. The SMILES string of the molecule is O=C(CNC1CCCC1)Nc1cccc(C2OCCO2)c1. The van der Waals surface area contributed by atoms with Crippen molar-refractivity contribution in [1.29, 1.82) is 0 Å². The van der Waals surface area contributed by atoms with Gasteiger partial charge < -0.3 is 20.1 Å². The van der Waals surface area contributed by atoms with E-state index in [2.05, 4.69) is 10.6 Å². The van der Waals surface area contributed by atoms with Gasteiger partial charge >= 0.3 is 0 Å². The predicted octanol–water partition coefficient (Wildman–Crippen LogP) is 2.20. The van der Waals surface area contributed by atoms with Gasteiger partial charge in [0.2, 0.25) is 5.91 Å². The molecule has 0 spiro atoms. The summed E-state index contributed by atoms with van der Waals surface area (Å²) < 4.78 is 10.9. The number of hydrogen-bond donors (Lipinski definition) is 2. The minimum Gasteiger partial charge on any atom is -0.346 e. The van der Waals surface area contributed by atoms with E-state index >= 15 is 0 Å². The standard InChI is InChI=1S/C16H22N2O3/c19-15(11-17-13-5-1-2-6-13)18-14-7-3-4-12(10-14)16-20-8-9-21-16/h3-4,7,10,13,16-17H,1-2,5-6,8-9,11H2,(H,18,19). The number of anilines is 1. The number of rotatable bonds is 5. The van der Waals surface area contributed by atoms with Crippen molar-refractivity contribution in [3.63, 3.8) is 0 Å². The lowest BCUT2D eigenvalue weighted by molar-refractivity contribution is -0.115. The minimum atomic E-state index is -0.307. The van der Waals surface area contributed by atoms with E-state index in [0.29, 0.717) is 25.8 Å². The molecule has 0 bridgehead atoms. The lowest BCUT2D eigenvalue weighted by Gasteiger charge is -2.13. The molecule has 0 radical (unpaired) electrons. The average Bonchev–Trinajstić information content (AvgIpc) is 3.19. The molecule has 21 heavy (non-hydrogen) atoms. The molecule has 1 heterocycles. The summed E-state index contributed by atoms with van der Waals surface area (Å²) in [7, 11) is 0. The van der Waals surface area contributed by atoms with Crippen molar-refractivity contribution in [3.8, 4) is 0 Å². The van der Waals surface area contributed by atoms with Gasteiger partial charge in [-0.2, -0.15) is 0 Å². The van der Waals surface area contributed by atoms with Crippen molar-refractivity contribution in [3.05, 3.63) is 29.8 Å². The van der Waals surface area contributed by atoms with E-state index in [4.69, 9.17) is 9.47 Å². The molecule has 1 aliphatic heterocycles. The molecule has 1 amide bonds. The molecule has 1 aliphatic carbocycles. The maximum atomic E-state index is 12.0. The molecular weight excluding hydrogens is 268 g/mol. The van der Waals surface area contributed by atoms with Crippen LogP contribution >= 0.6 is 0 Å². The second kappa shape index (κ2) is 7.02. The van der Waals surface area contributed by atoms with Crippen molar-refractivity contribution < 1.29 is 14.3 Å². The van der Waals surface area contributed by atoms with Gasteiger partial charge in [0.15, 0.2) is 6.29 Å². The molecule has 0 atom stereocenters. The van der Waals surface area contributed by atoms with Crippen molar-refractivity contribution >= 4 is 11.6 Å². The monoisotopic (exact) mass is 290 g/mol. The van der Waals surface area contributed by atoms with Crippen molar-refractivity contribution in [2.24, 2.45) is 0 Å². The van der Waals surface area contributed by atoms with Gasteiger partial charge in [0.1, 0.15) is 0 Å². The summed E-state index contributed by atoms with van der Waals surface area (Å²) in [6, 6.07) is 8.14. The number of amides is 1. The molecule has 1 saturated heterocycles. The first-order valence-corrected chi connectivity index (χ1v) is 7.68. The normalized spacial score (nSPS) is 20.0. The summed E-state index contributed by atoms with van der Waals surface area (Å²) in [4.78, 5) is 12.0. The Balaban J connectivity index is 1.51. The fourth-order valence-electron chi connectivity index (χ4n) is 2.89. The van der Waals surface area contributed by atoms with Crippen LogP contribution in [0.4, 0.5) is 5.69 Å². The third-order valence-electron chi connectivity index (χ3n) is 3.97. The van der Waals surface area contributed by atoms with Crippen molar-refractivity contribution in [2.45, 2.75) is 38.0 Å². The molecule has 1 saturated carbocycles. The van der Waals surface area contributed by atoms with E-state index in [1.807, 2.05) is 24.3 Å². The Kier molecular flexibility index (Phi) is 4.85. The van der Waals surface area contributed by atoms with Crippen molar-refractivity contribution in [2.75, 3.05) is 25.1 Å². The summed E-state index contributed by atoms with van der Waals surface area (Å²) in [6.45, 7) is 1.60. The maximum Gasteiger partial charge on any atom is 0.238 e. The van der Waals surface area contributed by atoms with Gasteiger partial charge in [-0.1, -0.05) is 25.0 Å². The van der Waals surface area contributed by atoms with Crippen LogP contribution in [0.2, 0.25) is 0 Å². The van der Waals surface area contributed by atoms with Crippen LogP contribution in [0.25, 0.3) is 0 Å². The zero-order valence-corrected chi connectivity index (χ0v) is 12.1. The summed E-state index contributed by atoms with van der Waals surface area (Å²) >= 11 is 0. The Bertz CT molecular complexity index is 480. The molecular formula is C16H22N2O3. The highest BCUT2D eigenvalue weighted by Crippen LogP contribution is 2.25. The van der Waals surface area contributed by atoms with Gasteiger partial charge in [-0.25, -0.2) is 0 Å². The van der Waals surface area contributed by atoms with Gasteiger partial charge in [0.05, 0.1) is 19.8 Å². The molecule has 2 aliphatic rings. The number of nitrogens with one attached hydrogen (secondary N) is 2. The van der Waals surface area contributed by atoms with Gasteiger partial charge in [-0.05, 0) is 25.0 Å². The number of benzene rings is 1. The first-order valence-electron chi connectivity index (χ1n) is 7.68. The molecule has 1 aromatic carbocycles. The zero-order valence-electron chi connectivity index (χ0n) is 12.1. The van der Waals surface area contributed by atoms with Gasteiger partial charge in [0.25, 0.3) is 0 Å². The average molecular weight is 290 g/mol. The topological polar surface area (TPSA) is 59.6 Å². The van der Waals surface area contributed by atoms with Crippen LogP contribution in [0.1, 0.15) is 37.5 Å². The molecule has 3 rings (SSSR count). The Hall–Kier alpha value is -1.43. The zero-order chi connectivity index (χ0) is 14.5. The summed E-state index contributed by atoms with van der Waals surface area (Å²) in [5.41, 5.74) is 1.72. The van der Waals surface area contributed by atoms with E-state index < -0.39 is 0 Å². The summed E-state index contributed by atoms with van der Waals surface area (Å²) in [5, 5.41) is 6.23. The first kappa shape index (κ1) is 14.5. The van der Waals surface area contributed by atoms with E-state index in [9.17, 15) is 4.79 Å². The maximum absolute atomic E-state index is 12.0. The molecule has 1 aromatic rings. The van der Waals surface area contributed by atoms with Crippen molar-refractivity contribution in [1.82, 2.24) is 5.32 Å². The Morgan fingerprint density at radius 2 is 1.95 bits per heavy atom. The third kappa shape index (κ3) is 4.03. The molecule has 5 nitrogen and oxygen atoms in total. The third-order valence-corrected chi connectivity index (χ3v) is 3.97. The largest absolute Gasteiger partial charge is 0.346 e. The highest BCUT2D eigenvalue weighted by Gasteiger charge is 2.19. The van der Waals surface area contributed by atoms with Crippen LogP contribution < -0.4 is 10.6 Å². The number of carbonyl (C=O) groups is 1. The Labute approximate surface area is 125 Å². The van der Waals surface area contributed by atoms with E-state index in [0.717, 1.165) is 11.3 Å². The first-order chi connectivity index (χ1) is 10.3. The Morgan fingerprint density at radius 3 is 2.71 bits per heavy atom. The molecule has 0 aromatic heterocycles. The summed E-state index contributed by atoms with van der Waals surface area (Å²) in [6.07, 6.45) is 4.59. The fourth-order valence-corrected chi connectivity index (χ4v) is 2.89. The summed E-state index contributed by atoms with van der Waals surface area (Å²) in [5.74, 6) is -0.00712. The van der Waals surface area contributed by atoms with Gasteiger partial charge in [0, 0.05) is 17.3 Å². The van der Waals surface area contributed by atoms with Crippen LogP contribution in [0.3, 0.4) is 0 Å². The fraction of sp³-hybridized carbons (Fsp3) is 0.562. The van der Waals surface area contributed by atoms with Crippen LogP contribution in [-0.2, 0) is 14.3 Å². The second-order valence-corrected chi connectivity index (χ2v) is 5.61. The van der Waals surface area contributed by atoms with E-state index in [-0.39, 0.29) is 12.2 Å². The molecule has 2 fully saturated rings. The minimum absolute atomic E-state index is 0.00712. The highest BCUT2D eigenvalue weighted by atomic mass is 16.7. The van der Waals surface area contributed by atoms with Crippen LogP contribution in [0, 0.1) is 0 Å². The second-order valence-electron chi connectivity index (χ2n) is 5.61. The molecule has 2 N–H and O–H groups in total. The molecule has 0 unspecified atom stereocenters. The van der Waals surface area contributed by atoms with Crippen LogP contribution in [-0.4, -0.2) is 31.7 Å². The van der Waals surface area contributed by atoms with Crippen LogP contribution in [0.15, 0.2) is 24.3 Å². The number of hydrogen-bond acceptors (Lipinski definition) is 4. The van der Waals surface area contributed by atoms with Gasteiger partial charge in [-0.3, -0.25) is 4.79 Å². The predicted molar refractivity (Wildman–Crippen MR) is 80.0 cm³/mol. The number of carbonyl (C=O) groups excluding carboxylic acids is 1. The smallest absolute Gasteiger partial charge is 0.238 e. The number of ether oxygens (including phenoxy) is 2. The molecule has 114 valence electrons. The molecule has 5 heteroatoms. The quantitative estimate of drug-likeness (QED) is 0.873. The Morgan fingerprint density at radius 1 is 1.19 bits per heavy atom.